The van der Waals surface area contributed by atoms with Gasteiger partial charge in [0.15, 0.2) is 24.7 Å². The van der Waals surface area contributed by atoms with Crippen molar-refractivity contribution in [3.8, 4) is 0 Å². The molecular formula is C46H78O19. The van der Waals surface area contributed by atoms with Crippen LogP contribution >= 0.6 is 0 Å². The molecule has 19 nitrogen and oxygen atoms in total. The number of fused-ring (bicyclic) bond motifs is 7. The predicted molar refractivity (Wildman–Crippen MR) is 224 cm³/mol. The summed E-state index contributed by atoms with van der Waals surface area (Å²) in [7, 11) is 1.74. The van der Waals surface area contributed by atoms with E-state index < -0.39 is 118 Å². The highest BCUT2D eigenvalue weighted by atomic mass is 16.7. The Hall–Kier alpha value is -0.760. The highest BCUT2D eigenvalue weighted by Gasteiger charge is 2.69. The molecule has 27 atom stereocenters. The summed E-state index contributed by atoms with van der Waals surface area (Å²) in [6.45, 7) is 7.94. The van der Waals surface area contributed by atoms with Crippen molar-refractivity contribution in [3.05, 3.63) is 0 Å². The van der Waals surface area contributed by atoms with E-state index in [1.807, 2.05) is 6.92 Å². The quantitative estimate of drug-likeness (QED) is 0.0920. The molecule has 4 saturated heterocycles. The van der Waals surface area contributed by atoms with Crippen LogP contribution in [0.3, 0.4) is 0 Å². The van der Waals surface area contributed by atoms with Crippen LogP contribution < -0.4 is 0 Å². The zero-order chi connectivity index (χ0) is 46.9. The Morgan fingerprint density at radius 2 is 1.20 bits per heavy atom. The summed E-state index contributed by atoms with van der Waals surface area (Å²) in [4.78, 5) is 0. The second-order valence-electron chi connectivity index (χ2n) is 21.7. The molecule has 1 unspecified atom stereocenters. The van der Waals surface area contributed by atoms with Gasteiger partial charge in [0.2, 0.25) is 0 Å². The van der Waals surface area contributed by atoms with Crippen molar-refractivity contribution in [1.29, 1.82) is 0 Å². The van der Waals surface area contributed by atoms with Gasteiger partial charge in [-0.3, -0.25) is 0 Å². The molecule has 376 valence electrons. The smallest absolute Gasteiger partial charge is 0.186 e. The first kappa shape index (κ1) is 50.6. The molecule has 0 radical (unpaired) electrons. The fourth-order valence-corrected chi connectivity index (χ4v) is 14.4. The topological polar surface area (TPSA) is 296 Å². The maximum Gasteiger partial charge on any atom is 0.186 e. The van der Waals surface area contributed by atoms with Gasteiger partial charge in [0.25, 0.3) is 0 Å². The van der Waals surface area contributed by atoms with Crippen molar-refractivity contribution in [1.82, 2.24) is 0 Å². The van der Waals surface area contributed by atoms with Gasteiger partial charge >= 0.3 is 0 Å². The minimum Gasteiger partial charge on any atom is -0.394 e. The standard InChI is InChI=1S/C46H78O19/c1-20(18-59-41-38(55)35(52)32(49)28(16-47)62-41)8-13-46(58-5)21(2)31-27(65-46)15-26-24-7-6-22-14-23(9-11-44(22,3)25(24)10-12-45(26,31)4)61-43-40(57)37(54)34(51)30(64-43)19-60-42-39(56)36(53)33(50)29(17-48)63-42/h20-43,47-57H,6-19H2,1-5H3/t20-,21+,22-,23+,24-,25+,26+,27?,28-,29-,30-,31+,32-,33-,34-,35+,36+,37+,38-,39-,40-,41-,42-,43-,44+,45+,46-/m1/s1. The van der Waals surface area contributed by atoms with Gasteiger partial charge < -0.3 is 94.1 Å². The van der Waals surface area contributed by atoms with Crippen LogP contribution in [0.25, 0.3) is 0 Å². The molecule has 65 heavy (non-hydrogen) atoms. The van der Waals surface area contributed by atoms with Gasteiger partial charge in [-0.1, -0.05) is 27.7 Å². The molecule has 0 aromatic rings. The Morgan fingerprint density at radius 1 is 0.631 bits per heavy atom. The SMILES string of the molecule is CO[C@]1(CC[C@@H](C)CO[C@@H]2O[C@H](CO)[C@@H](O)[C@H](O)[C@H]2O)OC2C[C@H]3[C@@H]4CC[C@@H]5C[C@@H](O[C@@H]6O[C@H](CO[C@@H]7O[C@H](CO)[C@@H](O)[C@H](O)[C@H]7O)[C@@H](O)[C@H](O)[C@H]6O)CC[C@]5(C)[C@H]4CC[C@]3(C)[C@H]2[C@@H]1C. The lowest BCUT2D eigenvalue weighted by atomic mass is 9.44. The molecule has 0 aromatic carbocycles. The van der Waals surface area contributed by atoms with Crippen molar-refractivity contribution in [3.63, 3.8) is 0 Å². The highest BCUT2D eigenvalue weighted by molar-refractivity contribution is 5.15. The summed E-state index contributed by atoms with van der Waals surface area (Å²) >= 11 is 0. The number of hydrogen-bond acceptors (Lipinski definition) is 19. The summed E-state index contributed by atoms with van der Waals surface area (Å²) in [5.74, 6) is 1.79. The van der Waals surface area contributed by atoms with E-state index in [9.17, 15) is 56.2 Å². The largest absolute Gasteiger partial charge is 0.394 e. The fraction of sp³-hybridized carbons (Fsp3) is 1.00. The average Bonchev–Trinajstić information content (AvgIpc) is 3.75. The van der Waals surface area contributed by atoms with Gasteiger partial charge in [0.1, 0.15) is 73.2 Å². The zero-order valence-electron chi connectivity index (χ0n) is 38.4. The van der Waals surface area contributed by atoms with Crippen molar-refractivity contribution in [2.45, 2.75) is 202 Å². The molecule has 0 spiro atoms. The van der Waals surface area contributed by atoms with Crippen LogP contribution in [0.15, 0.2) is 0 Å². The van der Waals surface area contributed by atoms with Gasteiger partial charge in [-0.25, -0.2) is 0 Å². The third kappa shape index (κ3) is 9.01. The number of ether oxygens (including phenoxy) is 8. The third-order valence-electron chi connectivity index (χ3n) is 18.3. The van der Waals surface area contributed by atoms with Crippen LogP contribution in [0.1, 0.15) is 91.9 Å². The van der Waals surface area contributed by atoms with Gasteiger partial charge in [-0.2, -0.15) is 0 Å². The minimum atomic E-state index is -1.65. The lowest BCUT2D eigenvalue weighted by Crippen LogP contribution is -2.62. The summed E-state index contributed by atoms with van der Waals surface area (Å²) in [5.41, 5.74) is 0.192. The first-order valence-electron chi connectivity index (χ1n) is 24.2. The maximum absolute atomic E-state index is 11.0. The number of methoxy groups -OCH3 is 1. The molecule has 4 saturated carbocycles. The average molecular weight is 935 g/mol. The lowest BCUT2D eigenvalue weighted by molar-refractivity contribution is -0.338. The molecule has 8 rings (SSSR count). The summed E-state index contributed by atoms with van der Waals surface area (Å²) in [6.07, 6.45) is -12.2. The minimum absolute atomic E-state index is 0.0326. The Kier molecular flexibility index (Phi) is 15.4. The van der Waals surface area contributed by atoms with E-state index in [1.54, 1.807) is 7.11 Å². The summed E-state index contributed by atoms with van der Waals surface area (Å²) in [5, 5.41) is 113. The molecule has 0 bridgehead atoms. The van der Waals surface area contributed by atoms with E-state index in [0.717, 1.165) is 57.8 Å². The Bertz CT molecular complexity index is 1580. The first-order chi connectivity index (χ1) is 30.8. The van der Waals surface area contributed by atoms with Crippen LogP contribution in [-0.2, 0) is 37.9 Å². The highest BCUT2D eigenvalue weighted by Crippen LogP contribution is 2.71. The molecule has 11 N–H and O–H groups in total. The molecule has 4 aliphatic heterocycles. The second-order valence-corrected chi connectivity index (χ2v) is 21.7. The zero-order valence-corrected chi connectivity index (χ0v) is 38.4. The maximum atomic E-state index is 11.0. The van der Waals surface area contributed by atoms with E-state index in [-0.39, 0.29) is 41.5 Å². The third-order valence-corrected chi connectivity index (χ3v) is 18.3. The predicted octanol–water partition coefficient (Wildman–Crippen LogP) is -1.13. The van der Waals surface area contributed by atoms with Crippen LogP contribution in [0, 0.1) is 52.3 Å². The van der Waals surface area contributed by atoms with Crippen LogP contribution in [0.5, 0.6) is 0 Å². The van der Waals surface area contributed by atoms with Gasteiger partial charge in [0.05, 0.1) is 38.6 Å². The Morgan fingerprint density at radius 3 is 1.82 bits per heavy atom. The van der Waals surface area contributed by atoms with Crippen molar-refractivity contribution in [2.24, 2.45) is 52.3 Å². The first-order valence-corrected chi connectivity index (χ1v) is 24.2. The van der Waals surface area contributed by atoms with Crippen molar-refractivity contribution < 1.29 is 94.1 Å². The molecular weight excluding hydrogens is 856 g/mol. The molecule has 8 aliphatic rings. The van der Waals surface area contributed by atoms with Crippen LogP contribution in [-0.4, -0.2) is 200 Å². The van der Waals surface area contributed by atoms with Gasteiger partial charge in [0, 0.05) is 19.4 Å². The number of aliphatic hydroxyl groups is 11. The Balaban J connectivity index is 0.844. The lowest BCUT2D eigenvalue weighted by Gasteiger charge is -2.61. The van der Waals surface area contributed by atoms with E-state index in [4.69, 9.17) is 37.9 Å². The molecule has 19 heteroatoms. The molecule has 4 aliphatic carbocycles. The van der Waals surface area contributed by atoms with Gasteiger partial charge in [-0.15, -0.1) is 0 Å². The molecule has 0 aromatic heterocycles. The van der Waals surface area contributed by atoms with Gasteiger partial charge in [-0.05, 0) is 104 Å². The molecule has 8 fully saturated rings. The van der Waals surface area contributed by atoms with Crippen molar-refractivity contribution >= 4 is 0 Å². The molecule has 4 heterocycles. The normalized spacial score (nSPS) is 54.9. The summed E-state index contributed by atoms with van der Waals surface area (Å²) in [6, 6.07) is 0. The molecule has 0 amide bonds. The number of hydrogen-bond donors (Lipinski definition) is 11. The fourth-order valence-electron chi connectivity index (χ4n) is 14.4. The monoisotopic (exact) mass is 935 g/mol. The van der Waals surface area contributed by atoms with E-state index in [0.29, 0.717) is 36.0 Å². The van der Waals surface area contributed by atoms with Crippen LogP contribution in [0.2, 0.25) is 0 Å². The number of aliphatic hydroxyl groups excluding tert-OH is 11. The van der Waals surface area contributed by atoms with Crippen molar-refractivity contribution in [2.75, 3.05) is 33.5 Å². The second kappa shape index (κ2) is 19.8. The number of rotatable bonds is 14. The summed E-state index contributed by atoms with van der Waals surface area (Å²) < 4.78 is 48.2. The van der Waals surface area contributed by atoms with E-state index >= 15 is 0 Å². The van der Waals surface area contributed by atoms with E-state index in [1.165, 1.54) is 0 Å². The van der Waals surface area contributed by atoms with E-state index in [2.05, 4.69) is 20.8 Å². The van der Waals surface area contributed by atoms with Crippen LogP contribution in [0.4, 0.5) is 0 Å². The Labute approximate surface area is 381 Å².